The maximum Gasteiger partial charge on any atom is 0.308 e. The first-order chi connectivity index (χ1) is 14.0. The van der Waals surface area contributed by atoms with E-state index in [1.807, 2.05) is 0 Å². The van der Waals surface area contributed by atoms with Gasteiger partial charge in [0, 0.05) is 71.5 Å². The molecule has 0 aromatic heterocycles. The molecule has 32 heavy (non-hydrogen) atoms. The van der Waals surface area contributed by atoms with E-state index in [0.717, 1.165) is 6.54 Å². The molecule has 3 heterocycles. The number of cyclic esters (lactones) is 3. The normalized spacial score (nSPS) is 26.8. The minimum Gasteiger partial charge on any atom is -0.502 e. The second-order valence-electron chi connectivity index (χ2n) is 6.53. The monoisotopic (exact) mass is 605 g/mol. The number of carbonyl (C=O) groups excluding carboxylic acids is 6. The number of morpholine rings is 1. The van der Waals surface area contributed by atoms with Crippen molar-refractivity contribution in [3.8, 4) is 0 Å². The molecule has 174 valence electrons. The van der Waals surface area contributed by atoms with Crippen LogP contribution in [0.3, 0.4) is 0 Å². The van der Waals surface area contributed by atoms with Crippen molar-refractivity contribution < 1.29 is 108 Å². The van der Waals surface area contributed by atoms with Gasteiger partial charge in [-0.3, -0.25) is 28.8 Å². The summed E-state index contributed by atoms with van der Waals surface area (Å²) in [6.45, 7) is 8.78. The van der Waals surface area contributed by atoms with Crippen LogP contribution in [0.2, 0.25) is 0 Å². The average molecular weight is 605 g/mol. The molecule has 4 atom stereocenters. The fourth-order valence-corrected chi connectivity index (χ4v) is 2.12. The zero-order valence-electron chi connectivity index (χ0n) is 18.2. The fraction of sp³-hybridized carbons (Fsp3) is 0.556. The largest absolute Gasteiger partial charge is 0.502 e. The number of rotatable bonds is 0. The van der Waals surface area contributed by atoms with Gasteiger partial charge < -0.3 is 30.2 Å². The third-order valence-corrected chi connectivity index (χ3v) is 3.72. The van der Waals surface area contributed by atoms with Crippen molar-refractivity contribution in [3.05, 3.63) is 13.1 Å². The number of hydrogen-bond acceptors (Lipinski definition) is 9. The third-order valence-electron chi connectivity index (χ3n) is 3.72. The Kier molecular flexibility index (Phi) is 17.1. The van der Waals surface area contributed by atoms with Gasteiger partial charge in [-0.1, -0.05) is 6.42 Å². The van der Waals surface area contributed by atoms with E-state index in [1.165, 1.54) is 20.4 Å². The fourth-order valence-electron chi connectivity index (χ4n) is 2.12. The van der Waals surface area contributed by atoms with Crippen LogP contribution in [0.15, 0.2) is 0 Å². The van der Waals surface area contributed by atoms with Crippen molar-refractivity contribution in [2.75, 3.05) is 0 Å². The minimum atomic E-state index is -0.661. The summed E-state index contributed by atoms with van der Waals surface area (Å²) in [5, 5.41) is 7.30. The quantitative estimate of drug-likeness (QED) is 0.172. The second kappa shape index (κ2) is 16.5. The molecule has 0 aromatic carbocycles. The van der Waals surface area contributed by atoms with Gasteiger partial charge >= 0.3 is 5.97 Å². The first-order valence-electron chi connectivity index (χ1n) is 9.15. The van der Waals surface area contributed by atoms with Crippen molar-refractivity contribution in [3.63, 3.8) is 0 Å². The Labute approximate surface area is 236 Å². The molecule has 0 aromatic rings. The molecule has 12 nitrogen and oxygen atoms in total. The average Bonchev–Trinajstić information content (AvgIpc) is 2.85. The summed E-state index contributed by atoms with van der Waals surface area (Å²) in [5.41, 5.74) is 0. The molecule has 3 fully saturated rings. The van der Waals surface area contributed by atoms with Crippen molar-refractivity contribution >= 4 is 35.6 Å². The van der Waals surface area contributed by atoms with E-state index in [1.54, 1.807) is 13.8 Å². The number of esters is 3. The molecule has 0 spiro atoms. The summed E-state index contributed by atoms with van der Waals surface area (Å²) >= 11 is 0. The van der Waals surface area contributed by atoms with Crippen LogP contribution in [0, 0.1) is 13.1 Å². The molecule has 0 saturated carbocycles. The van der Waals surface area contributed by atoms with Crippen molar-refractivity contribution in [1.82, 2.24) is 16.0 Å². The van der Waals surface area contributed by atoms with E-state index < -0.39 is 24.3 Å². The van der Waals surface area contributed by atoms with E-state index in [9.17, 15) is 28.8 Å². The van der Waals surface area contributed by atoms with E-state index in [-0.39, 0.29) is 114 Å². The number of amides is 3. The minimum absolute atomic E-state index is 0. The van der Waals surface area contributed by atoms with Gasteiger partial charge in [-0.05, 0) is 27.7 Å². The Hall–Kier alpha value is -1.10. The molecule has 0 bridgehead atoms. The summed E-state index contributed by atoms with van der Waals surface area (Å²) in [4.78, 5) is 64.0. The number of hydrogen-bond donors (Lipinski definition) is 3. The third kappa shape index (κ3) is 12.8. The predicted molar refractivity (Wildman–Crippen MR) is 98.4 cm³/mol. The standard InChI is InChI=1S/C7H11NO3.C6H8NO3.C5H6NO3.2Y/c1-4-3-6(9)11-5(2)7(10)8-4;1-4-6(9)7-3-2-5(8)10-4;1-3-5(8)6-2-4(7)9-3;;/h4-5H,3H2,1-2H3,(H,8,10);3-4H,2H2,1H3,(H,7,9);2-3H,1H3,(H,6,8);;/q;2*-1;;. The summed E-state index contributed by atoms with van der Waals surface area (Å²) in [7, 11) is 0. The molecule has 3 amide bonds. The Bertz CT molecular complexity index is 705. The van der Waals surface area contributed by atoms with Gasteiger partial charge in [-0.15, -0.1) is 0 Å². The van der Waals surface area contributed by atoms with Gasteiger partial charge in [0.25, 0.3) is 11.9 Å². The molecule has 14 heteroatoms. The number of ether oxygens (including phenoxy) is 3. The van der Waals surface area contributed by atoms with Crippen LogP contribution in [-0.2, 0) is 108 Å². The Morgan fingerprint density at radius 3 is 1.78 bits per heavy atom. The van der Waals surface area contributed by atoms with Crippen molar-refractivity contribution in [2.24, 2.45) is 0 Å². The van der Waals surface area contributed by atoms with E-state index in [2.05, 4.69) is 25.4 Å². The zero-order chi connectivity index (χ0) is 22.8. The zero-order valence-corrected chi connectivity index (χ0v) is 23.9. The van der Waals surface area contributed by atoms with Crippen LogP contribution in [0.5, 0.6) is 0 Å². The molecule has 3 N–H and O–H groups in total. The molecule has 3 saturated heterocycles. The van der Waals surface area contributed by atoms with E-state index >= 15 is 0 Å². The molecular formula is C18H25N3O9Y2-2. The molecular weight excluding hydrogens is 580 g/mol. The molecule has 3 aliphatic rings. The summed E-state index contributed by atoms with van der Waals surface area (Å²) < 4.78 is 13.9. The van der Waals surface area contributed by atoms with Crippen LogP contribution in [0.25, 0.3) is 0 Å². The SMILES string of the molecule is CC1CC(=O)OC(C)C(=O)N1.CC1OC(=O)C[CH-]NC1=O.CC1OC(=O)[CH-]NC1=O.[Y].[Y]. The van der Waals surface area contributed by atoms with Gasteiger partial charge in [0.2, 0.25) is 11.8 Å². The summed E-state index contributed by atoms with van der Waals surface area (Å²) in [6.07, 6.45) is -1.55. The maximum absolute atomic E-state index is 11.0. The van der Waals surface area contributed by atoms with Gasteiger partial charge in [0.15, 0.2) is 24.3 Å². The van der Waals surface area contributed by atoms with Crippen LogP contribution >= 0.6 is 0 Å². The molecule has 0 aliphatic carbocycles. The Morgan fingerprint density at radius 2 is 1.22 bits per heavy atom. The number of carbonyl (C=O) groups is 6. The first-order valence-corrected chi connectivity index (χ1v) is 9.15. The van der Waals surface area contributed by atoms with Gasteiger partial charge in [0.1, 0.15) is 0 Å². The topological polar surface area (TPSA) is 166 Å². The predicted octanol–water partition coefficient (Wildman–Crippen LogP) is -1.37. The first kappa shape index (κ1) is 33.1. The van der Waals surface area contributed by atoms with Gasteiger partial charge in [-0.25, -0.2) is 6.54 Å². The Morgan fingerprint density at radius 1 is 0.719 bits per heavy atom. The maximum atomic E-state index is 11.0. The molecule has 3 rings (SSSR count). The van der Waals surface area contributed by atoms with Crippen LogP contribution in [0.4, 0.5) is 0 Å². The van der Waals surface area contributed by atoms with Crippen molar-refractivity contribution in [2.45, 2.75) is 64.9 Å². The van der Waals surface area contributed by atoms with Crippen LogP contribution in [0.1, 0.15) is 40.5 Å². The summed E-state index contributed by atoms with van der Waals surface area (Å²) in [6, 6.07) is -0.111. The van der Waals surface area contributed by atoms with Gasteiger partial charge in [-0.2, -0.15) is 6.54 Å². The van der Waals surface area contributed by atoms with Gasteiger partial charge in [0.05, 0.1) is 6.42 Å². The van der Waals surface area contributed by atoms with E-state index in [4.69, 9.17) is 4.74 Å². The van der Waals surface area contributed by atoms with Crippen LogP contribution in [-0.4, -0.2) is 60.0 Å². The molecule has 3 aliphatic heterocycles. The molecule has 2 radical (unpaired) electrons. The van der Waals surface area contributed by atoms with Crippen LogP contribution < -0.4 is 16.0 Å². The number of nitrogens with one attached hydrogen (secondary N) is 3. The second-order valence-corrected chi connectivity index (χ2v) is 6.53. The van der Waals surface area contributed by atoms with Crippen molar-refractivity contribution in [1.29, 1.82) is 0 Å². The molecule has 4 unspecified atom stereocenters. The Balaban J connectivity index is 0. The smallest absolute Gasteiger partial charge is 0.308 e. The summed E-state index contributed by atoms with van der Waals surface area (Å²) in [5.74, 6) is -1.96. The van der Waals surface area contributed by atoms with E-state index in [0.29, 0.717) is 0 Å².